The average Bonchev–Trinajstić information content (AvgIpc) is 3.40. The van der Waals surface area contributed by atoms with Crippen LogP contribution in [-0.2, 0) is 4.74 Å². The molecule has 1 heterocycles. The maximum absolute atomic E-state index is 5.83. The standard InChI is InChI=1S/C21H32O2/c1-2-3-4-5-6-7-8-9-10-11-14-19-15-12-13-16-21(19)23-18-20-17-22-20/h11-16,20H,2-10,17-18H2,1H3/b14-11+. The summed E-state index contributed by atoms with van der Waals surface area (Å²) in [4.78, 5) is 0. The van der Waals surface area contributed by atoms with Crippen molar-refractivity contribution in [3.8, 4) is 5.75 Å². The van der Waals surface area contributed by atoms with Gasteiger partial charge in [0.25, 0.3) is 0 Å². The van der Waals surface area contributed by atoms with Crippen molar-refractivity contribution in [2.45, 2.75) is 70.8 Å². The summed E-state index contributed by atoms with van der Waals surface area (Å²) in [6.07, 6.45) is 17.0. The van der Waals surface area contributed by atoms with Crippen molar-refractivity contribution in [3.05, 3.63) is 35.9 Å². The van der Waals surface area contributed by atoms with Crippen LogP contribution in [0.3, 0.4) is 0 Å². The molecule has 1 fully saturated rings. The normalized spacial score (nSPS) is 16.8. The van der Waals surface area contributed by atoms with Gasteiger partial charge in [-0.3, -0.25) is 0 Å². The number of para-hydroxylation sites is 1. The Morgan fingerprint density at radius 3 is 2.48 bits per heavy atom. The van der Waals surface area contributed by atoms with E-state index in [1.54, 1.807) is 0 Å². The van der Waals surface area contributed by atoms with E-state index in [0.29, 0.717) is 12.7 Å². The second-order valence-electron chi connectivity index (χ2n) is 6.47. The summed E-state index contributed by atoms with van der Waals surface area (Å²) in [6, 6.07) is 8.25. The predicted octanol–water partition coefficient (Wildman–Crippen LogP) is 6.01. The van der Waals surface area contributed by atoms with Crippen LogP contribution in [0, 0.1) is 0 Å². The molecule has 1 unspecified atom stereocenters. The quantitative estimate of drug-likeness (QED) is 0.328. The Hall–Kier alpha value is -1.28. The van der Waals surface area contributed by atoms with Crippen LogP contribution in [0.2, 0.25) is 0 Å². The highest BCUT2D eigenvalue weighted by Gasteiger charge is 2.23. The first-order chi connectivity index (χ1) is 11.4. The van der Waals surface area contributed by atoms with Gasteiger partial charge in [0.05, 0.1) is 6.61 Å². The summed E-state index contributed by atoms with van der Waals surface area (Å²) in [5.41, 5.74) is 1.17. The molecule has 23 heavy (non-hydrogen) atoms. The fourth-order valence-electron chi connectivity index (χ4n) is 2.70. The van der Waals surface area contributed by atoms with Crippen LogP contribution < -0.4 is 4.74 Å². The Balaban J connectivity index is 1.57. The van der Waals surface area contributed by atoms with Gasteiger partial charge < -0.3 is 9.47 Å². The molecule has 2 rings (SSSR count). The molecule has 0 amide bonds. The number of ether oxygens (including phenoxy) is 2. The molecule has 128 valence electrons. The molecular formula is C21H32O2. The molecule has 0 saturated carbocycles. The van der Waals surface area contributed by atoms with Crippen molar-refractivity contribution in [2.24, 2.45) is 0 Å². The highest BCUT2D eigenvalue weighted by atomic mass is 16.6. The van der Waals surface area contributed by atoms with Gasteiger partial charge in [-0.15, -0.1) is 0 Å². The highest BCUT2D eigenvalue weighted by Crippen LogP contribution is 2.22. The molecule has 1 aromatic rings. The third-order valence-electron chi connectivity index (χ3n) is 4.27. The van der Waals surface area contributed by atoms with Crippen molar-refractivity contribution >= 4 is 6.08 Å². The van der Waals surface area contributed by atoms with Gasteiger partial charge in [0.2, 0.25) is 0 Å². The minimum atomic E-state index is 0.310. The predicted molar refractivity (Wildman–Crippen MR) is 97.9 cm³/mol. The van der Waals surface area contributed by atoms with Crippen molar-refractivity contribution in [1.82, 2.24) is 0 Å². The molecule has 1 aliphatic rings. The van der Waals surface area contributed by atoms with Gasteiger partial charge >= 0.3 is 0 Å². The number of unbranched alkanes of at least 4 members (excludes halogenated alkanes) is 8. The zero-order valence-corrected chi connectivity index (χ0v) is 14.6. The van der Waals surface area contributed by atoms with E-state index in [4.69, 9.17) is 9.47 Å². The third kappa shape index (κ3) is 8.22. The van der Waals surface area contributed by atoms with Crippen molar-refractivity contribution in [1.29, 1.82) is 0 Å². The molecular weight excluding hydrogens is 284 g/mol. The molecule has 0 radical (unpaired) electrons. The molecule has 0 bridgehead atoms. The minimum Gasteiger partial charge on any atom is -0.490 e. The molecule has 2 heteroatoms. The van der Waals surface area contributed by atoms with Crippen molar-refractivity contribution in [3.63, 3.8) is 0 Å². The first kappa shape index (κ1) is 18.1. The summed E-state index contributed by atoms with van der Waals surface area (Å²) in [7, 11) is 0. The van der Waals surface area contributed by atoms with Gasteiger partial charge in [-0.25, -0.2) is 0 Å². The number of hydrogen-bond donors (Lipinski definition) is 0. The monoisotopic (exact) mass is 316 g/mol. The van der Waals surface area contributed by atoms with E-state index < -0.39 is 0 Å². The maximum atomic E-state index is 5.83. The average molecular weight is 316 g/mol. The van der Waals surface area contributed by atoms with Gasteiger partial charge in [-0.05, 0) is 18.9 Å². The number of epoxide rings is 1. The first-order valence-electron chi connectivity index (χ1n) is 9.40. The number of benzene rings is 1. The topological polar surface area (TPSA) is 21.8 Å². The molecule has 1 saturated heterocycles. The first-order valence-corrected chi connectivity index (χ1v) is 9.40. The Labute approximate surface area is 141 Å². The summed E-state index contributed by atoms with van der Waals surface area (Å²) in [5.74, 6) is 0.968. The molecule has 0 aliphatic carbocycles. The van der Waals surface area contributed by atoms with Crippen LogP contribution in [0.1, 0.15) is 70.3 Å². The van der Waals surface area contributed by atoms with Gasteiger partial charge in [0.15, 0.2) is 0 Å². The third-order valence-corrected chi connectivity index (χ3v) is 4.27. The minimum absolute atomic E-state index is 0.310. The SMILES string of the molecule is CCCCCCCCCC/C=C/c1ccccc1OCC1CO1. The van der Waals surface area contributed by atoms with Crippen LogP contribution in [-0.4, -0.2) is 19.3 Å². The fraction of sp³-hybridized carbons (Fsp3) is 0.619. The largest absolute Gasteiger partial charge is 0.490 e. The smallest absolute Gasteiger partial charge is 0.126 e. The van der Waals surface area contributed by atoms with E-state index in [0.717, 1.165) is 18.8 Å². The van der Waals surface area contributed by atoms with E-state index in [1.807, 2.05) is 12.1 Å². The lowest BCUT2D eigenvalue weighted by Gasteiger charge is -2.07. The van der Waals surface area contributed by atoms with Crippen LogP contribution in [0.4, 0.5) is 0 Å². The Morgan fingerprint density at radius 1 is 1.04 bits per heavy atom. The molecule has 1 atom stereocenters. The zero-order chi connectivity index (χ0) is 16.2. The zero-order valence-electron chi connectivity index (χ0n) is 14.6. The van der Waals surface area contributed by atoms with Gasteiger partial charge in [0, 0.05) is 5.56 Å². The Morgan fingerprint density at radius 2 is 1.74 bits per heavy atom. The molecule has 1 aliphatic heterocycles. The second kappa shape index (κ2) is 11.3. The molecule has 2 nitrogen and oxygen atoms in total. The van der Waals surface area contributed by atoms with Crippen LogP contribution in [0.25, 0.3) is 6.08 Å². The van der Waals surface area contributed by atoms with Gasteiger partial charge in [0.1, 0.15) is 18.5 Å². The van der Waals surface area contributed by atoms with Crippen LogP contribution in [0.15, 0.2) is 30.3 Å². The second-order valence-corrected chi connectivity index (χ2v) is 6.47. The lowest BCUT2D eigenvalue weighted by Crippen LogP contribution is -2.04. The summed E-state index contributed by atoms with van der Waals surface area (Å²) in [6.45, 7) is 3.79. The summed E-state index contributed by atoms with van der Waals surface area (Å²) >= 11 is 0. The van der Waals surface area contributed by atoms with Crippen molar-refractivity contribution < 1.29 is 9.47 Å². The Kier molecular flexibility index (Phi) is 8.86. The van der Waals surface area contributed by atoms with E-state index >= 15 is 0 Å². The van der Waals surface area contributed by atoms with Gasteiger partial charge in [-0.2, -0.15) is 0 Å². The van der Waals surface area contributed by atoms with E-state index in [1.165, 1.54) is 56.9 Å². The molecule has 0 N–H and O–H groups in total. The van der Waals surface area contributed by atoms with E-state index in [2.05, 4.69) is 31.2 Å². The summed E-state index contributed by atoms with van der Waals surface area (Å²) in [5, 5.41) is 0. The molecule has 0 aromatic heterocycles. The fourth-order valence-corrected chi connectivity index (χ4v) is 2.70. The lowest BCUT2D eigenvalue weighted by molar-refractivity contribution is 0.262. The van der Waals surface area contributed by atoms with E-state index in [-0.39, 0.29) is 0 Å². The molecule has 0 spiro atoms. The van der Waals surface area contributed by atoms with Crippen LogP contribution >= 0.6 is 0 Å². The highest BCUT2D eigenvalue weighted by molar-refractivity contribution is 5.57. The lowest BCUT2D eigenvalue weighted by atomic mass is 10.1. The van der Waals surface area contributed by atoms with Gasteiger partial charge in [-0.1, -0.05) is 82.2 Å². The number of rotatable bonds is 13. The maximum Gasteiger partial charge on any atom is 0.126 e. The van der Waals surface area contributed by atoms with Crippen LogP contribution in [0.5, 0.6) is 5.75 Å². The summed E-state index contributed by atoms with van der Waals surface area (Å²) < 4.78 is 11.0. The Bertz CT molecular complexity index is 449. The number of allylic oxidation sites excluding steroid dienone is 1. The number of hydrogen-bond acceptors (Lipinski definition) is 2. The van der Waals surface area contributed by atoms with E-state index in [9.17, 15) is 0 Å². The van der Waals surface area contributed by atoms with Crippen molar-refractivity contribution in [2.75, 3.05) is 13.2 Å². The molecule has 1 aromatic carbocycles.